The Balaban J connectivity index is 2.90. The van der Waals surface area contributed by atoms with Crippen molar-refractivity contribution in [3.05, 3.63) is 30.3 Å². The van der Waals surface area contributed by atoms with Gasteiger partial charge in [-0.25, -0.2) is 0 Å². The second-order valence-corrected chi connectivity index (χ2v) is 2.60. The average Bonchev–Trinajstić information content (AvgIpc) is 2.15. The monoisotopic (exact) mass is 174 g/mol. The Kier molecular flexibility index (Phi) is 3.04. The van der Waals surface area contributed by atoms with Gasteiger partial charge in [0.05, 0.1) is 6.07 Å². The predicted octanol–water partition coefficient (Wildman–Crippen LogP) is 1.56. The number of carbonyl (C=O) groups excluding carboxylic acids is 1. The summed E-state index contributed by atoms with van der Waals surface area (Å²) in [6.45, 7) is 1.55. The summed E-state index contributed by atoms with van der Waals surface area (Å²) in [6.07, 6.45) is 0. The molecule has 0 saturated heterocycles. The van der Waals surface area contributed by atoms with Crippen molar-refractivity contribution in [2.75, 3.05) is 11.4 Å². The fraction of sp³-hybridized carbons (Fsp3) is 0.200. The van der Waals surface area contributed by atoms with Gasteiger partial charge in [-0.15, -0.1) is 0 Å². The normalized spacial score (nSPS) is 8.92. The van der Waals surface area contributed by atoms with E-state index in [1.54, 1.807) is 12.1 Å². The molecule has 3 heteroatoms. The third kappa shape index (κ3) is 2.31. The summed E-state index contributed by atoms with van der Waals surface area (Å²) < 4.78 is 0. The van der Waals surface area contributed by atoms with Crippen LogP contribution in [0, 0.1) is 11.3 Å². The third-order valence-corrected chi connectivity index (χ3v) is 1.68. The summed E-state index contributed by atoms with van der Waals surface area (Å²) in [4.78, 5) is 12.5. The molecular weight excluding hydrogens is 164 g/mol. The van der Waals surface area contributed by atoms with Crippen LogP contribution in [0.25, 0.3) is 0 Å². The largest absolute Gasteiger partial charge is 0.299 e. The molecule has 0 aliphatic heterocycles. The van der Waals surface area contributed by atoms with Crippen molar-refractivity contribution in [1.82, 2.24) is 0 Å². The van der Waals surface area contributed by atoms with E-state index in [9.17, 15) is 4.79 Å². The van der Waals surface area contributed by atoms with Crippen molar-refractivity contribution >= 4 is 11.6 Å². The maximum Gasteiger partial charge on any atom is 0.224 e. The van der Waals surface area contributed by atoms with Crippen LogP contribution in [-0.4, -0.2) is 12.5 Å². The van der Waals surface area contributed by atoms with Crippen LogP contribution in [0.1, 0.15) is 6.92 Å². The number of para-hydroxylation sites is 1. The SMILES string of the molecule is CC(=O)N(CC#N)c1ccccc1. The second kappa shape index (κ2) is 4.27. The van der Waals surface area contributed by atoms with Crippen LogP contribution >= 0.6 is 0 Å². The fourth-order valence-corrected chi connectivity index (χ4v) is 1.06. The molecule has 0 radical (unpaired) electrons. The van der Waals surface area contributed by atoms with Gasteiger partial charge in [0.1, 0.15) is 6.54 Å². The van der Waals surface area contributed by atoms with Crippen LogP contribution in [0.5, 0.6) is 0 Å². The molecule has 0 saturated carbocycles. The lowest BCUT2D eigenvalue weighted by atomic mass is 10.3. The molecule has 1 aromatic carbocycles. The zero-order chi connectivity index (χ0) is 9.68. The van der Waals surface area contributed by atoms with Gasteiger partial charge in [-0.3, -0.25) is 9.69 Å². The minimum Gasteiger partial charge on any atom is -0.299 e. The van der Waals surface area contributed by atoms with Gasteiger partial charge in [0.2, 0.25) is 5.91 Å². The quantitative estimate of drug-likeness (QED) is 0.638. The smallest absolute Gasteiger partial charge is 0.224 e. The molecule has 1 amide bonds. The summed E-state index contributed by atoms with van der Waals surface area (Å²) in [7, 11) is 0. The van der Waals surface area contributed by atoms with Gasteiger partial charge >= 0.3 is 0 Å². The molecule has 13 heavy (non-hydrogen) atoms. The molecule has 1 rings (SSSR count). The molecule has 0 heterocycles. The van der Waals surface area contributed by atoms with Crippen LogP contribution in [0.2, 0.25) is 0 Å². The minimum atomic E-state index is -0.118. The van der Waals surface area contributed by atoms with E-state index in [2.05, 4.69) is 0 Å². The number of rotatable bonds is 2. The zero-order valence-corrected chi connectivity index (χ0v) is 7.40. The number of anilines is 1. The highest BCUT2D eigenvalue weighted by atomic mass is 16.2. The Morgan fingerprint density at radius 2 is 2.08 bits per heavy atom. The van der Waals surface area contributed by atoms with E-state index in [4.69, 9.17) is 5.26 Å². The zero-order valence-electron chi connectivity index (χ0n) is 7.40. The number of nitriles is 1. The average molecular weight is 174 g/mol. The Morgan fingerprint density at radius 1 is 1.46 bits per heavy atom. The molecule has 0 aromatic heterocycles. The molecule has 0 aliphatic rings. The van der Waals surface area contributed by atoms with Gasteiger partial charge in [0, 0.05) is 12.6 Å². The highest BCUT2D eigenvalue weighted by Crippen LogP contribution is 2.12. The Bertz CT molecular complexity index is 327. The number of hydrogen-bond donors (Lipinski definition) is 0. The van der Waals surface area contributed by atoms with Crippen molar-refractivity contribution in [2.45, 2.75) is 6.92 Å². The standard InChI is InChI=1S/C10H10N2O/c1-9(13)12(8-7-11)10-5-3-2-4-6-10/h2-6H,8H2,1H3. The summed E-state index contributed by atoms with van der Waals surface area (Å²) in [5, 5.41) is 8.50. The number of benzene rings is 1. The molecule has 0 N–H and O–H groups in total. The molecule has 3 nitrogen and oxygen atoms in total. The number of nitrogens with zero attached hydrogens (tertiary/aromatic N) is 2. The van der Waals surface area contributed by atoms with Crippen LogP contribution in [0.3, 0.4) is 0 Å². The molecule has 0 bridgehead atoms. The summed E-state index contributed by atoms with van der Waals surface area (Å²) >= 11 is 0. The number of amides is 1. The lowest BCUT2D eigenvalue weighted by Crippen LogP contribution is -2.28. The lowest BCUT2D eigenvalue weighted by Gasteiger charge is -2.16. The summed E-state index contributed by atoms with van der Waals surface area (Å²) in [6, 6.07) is 11.1. The van der Waals surface area contributed by atoms with Gasteiger partial charge in [-0.1, -0.05) is 18.2 Å². The highest BCUT2D eigenvalue weighted by Gasteiger charge is 2.08. The highest BCUT2D eigenvalue weighted by molar-refractivity contribution is 5.91. The fourth-order valence-electron chi connectivity index (χ4n) is 1.06. The van der Waals surface area contributed by atoms with E-state index >= 15 is 0 Å². The maximum atomic E-state index is 11.1. The Labute approximate surface area is 77.2 Å². The van der Waals surface area contributed by atoms with Crippen molar-refractivity contribution in [3.63, 3.8) is 0 Å². The number of carbonyl (C=O) groups is 1. The first kappa shape index (κ1) is 9.27. The van der Waals surface area contributed by atoms with Crippen molar-refractivity contribution in [1.29, 1.82) is 5.26 Å². The van der Waals surface area contributed by atoms with Gasteiger partial charge < -0.3 is 0 Å². The van der Waals surface area contributed by atoms with Crippen molar-refractivity contribution in [3.8, 4) is 6.07 Å². The second-order valence-electron chi connectivity index (χ2n) is 2.60. The Morgan fingerprint density at radius 3 is 2.54 bits per heavy atom. The van der Waals surface area contributed by atoms with Gasteiger partial charge in [-0.05, 0) is 12.1 Å². The molecular formula is C10H10N2O. The Hall–Kier alpha value is -1.82. The van der Waals surface area contributed by atoms with E-state index in [1.165, 1.54) is 11.8 Å². The first-order valence-corrected chi connectivity index (χ1v) is 3.96. The molecule has 0 spiro atoms. The van der Waals surface area contributed by atoms with Crippen LogP contribution < -0.4 is 4.90 Å². The van der Waals surface area contributed by atoms with Crippen LogP contribution in [0.15, 0.2) is 30.3 Å². The van der Waals surface area contributed by atoms with Crippen molar-refractivity contribution < 1.29 is 4.79 Å². The summed E-state index contributed by atoms with van der Waals surface area (Å²) in [5.74, 6) is -0.118. The molecule has 0 aliphatic carbocycles. The van der Waals surface area contributed by atoms with Gasteiger partial charge in [0.15, 0.2) is 0 Å². The topological polar surface area (TPSA) is 44.1 Å². The molecule has 0 fully saturated rings. The lowest BCUT2D eigenvalue weighted by molar-refractivity contribution is -0.116. The van der Waals surface area contributed by atoms with Crippen LogP contribution in [-0.2, 0) is 4.79 Å². The molecule has 0 atom stereocenters. The minimum absolute atomic E-state index is 0.0966. The third-order valence-electron chi connectivity index (χ3n) is 1.68. The van der Waals surface area contributed by atoms with Gasteiger partial charge in [-0.2, -0.15) is 5.26 Å². The molecule has 0 unspecified atom stereocenters. The van der Waals surface area contributed by atoms with E-state index < -0.39 is 0 Å². The van der Waals surface area contributed by atoms with Crippen LogP contribution in [0.4, 0.5) is 5.69 Å². The first-order chi connectivity index (χ1) is 6.25. The van der Waals surface area contributed by atoms with Crippen molar-refractivity contribution in [2.24, 2.45) is 0 Å². The van der Waals surface area contributed by atoms with E-state index in [0.717, 1.165) is 5.69 Å². The molecule has 1 aromatic rings. The van der Waals surface area contributed by atoms with E-state index in [-0.39, 0.29) is 12.5 Å². The predicted molar refractivity (Wildman–Crippen MR) is 50.1 cm³/mol. The van der Waals surface area contributed by atoms with E-state index in [1.807, 2.05) is 24.3 Å². The first-order valence-electron chi connectivity index (χ1n) is 3.96. The van der Waals surface area contributed by atoms with Gasteiger partial charge in [0.25, 0.3) is 0 Å². The molecule has 66 valence electrons. The maximum absolute atomic E-state index is 11.1. The number of hydrogen-bond acceptors (Lipinski definition) is 2. The van der Waals surface area contributed by atoms with E-state index in [0.29, 0.717) is 0 Å². The summed E-state index contributed by atoms with van der Waals surface area (Å²) in [5.41, 5.74) is 0.761.